The van der Waals surface area contributed by atoms with Crippen molar-refractivity contribution in [1.82, 2.24) is 14.8 Å². The van der Waals surface area contributed by atoms with Gasteiger partial charge >= 0.3 is 5.97 Å². The monoisotopic (exact) mass is 377 g/mol. The SMILES string of the molecule is COC(=O)[C@@H](c1ccccc1Cl)N1CCN(Cc2nc(C)c(C)o2)CC1. The van der Waals surface area contributed by atoms with Gasteiger partial charge in [0.2, 0.25) is 5.89 Å². The fourth-order valence-corrected chi connectivity index (χ4v) is 3.50. The number of rotatable bonds is 5. The first-order chi connectivity index (χ1) is 12.5. The number of benzene rings is 1. The van der Waals surface area contributed by atoms with Gasteiger partial charge < -0.3 is 9.15 Å². The number of nitrogens with zero attached hydrogens (tertiary/aromatic N) is 3. The summed E-state index contributed by atoms with van der Waals surface area (Å²) >= 11 is 6.33. The van der Waals surface area contributed by atoms with Crippen LogP contribution in [0.3, 0.4) is 0 Å². The average Bonchev–Trinajstić information content (AvgIpc) is 2.95. The zero-order valence-electron chi connectivity index (χ0n) is 15.4. The summed E-state index contributed by atoms with van der Waals surface area (Å²) in [7, 11) is 1.41. The van der Waals surface area contributed by atoms with E-state index in [9.17, 15) is 4.79 Å². The number of hydrogen-bond acceptors (Lipinski definition) is 6. The van der Waals surface area contributed by atoms with Gasteiger partial charge in [0.1, 0.15) is 11.8 Å². The van der Waals surface area contributed by atoms with Crippen molar-refractivity contribution in [3.63, 3.8) is 0 Å². The Balaban J connectivity index is 1.68. The first-order valence-electron chi connectivity index (χ1n) is 8.71. The molecule has 1 saturated heterocycles. The van der Waals surface area contributed by atoms with Crippen LogP contribution in [0.5, 0.6) is 0 Å². The maximum atomic E-state index is 12.4. The lowest BCUT2D eigenvalue weighted by Crippen LogP contribution is -2.49. The molecule has 0 amide bonds. The summed E-state index contributed by atoms with van der Waals surface area (Å²) < 4.78 is 10.7. The summed E-state index contributed by atoms with van der Waals surface area (Å²) in [6.45, 7) is 7.67. The molecule has 0 aliphatic carbocycles. The van der Waals surface area contributed by atoms with E-state index in [4.69, 9.17) is 20.8 Å². The molecule has 7 heteroatoms. The molecule has 1 aromatic heterocycles. The minimum absolute atomic E-state index is 0.287. The molecule has 2 aromatic rings. The highest BCUT2D eigenvalue weighted by molar-refractivity contribution is 6.31. The number of halogens is 1. The highest BCUT2D eigenvalue weighted by Gasteiger charge is 2.32. The number of esters is 1. The Labute approximate surface area is 158 Å². The summed E-state index contributed by atoms with van der Waals surface area (Å²) in [5.41, 5.74) is 1.72. The summed E-state index contributed by atoms with van der Waals surface area (Å²) in [5, 5.41) is 0.580. The smallest absolute Gasteiger partial charge is 0.327 e. The molecule has 1 aliphatic heterocycles. The summed E-state index contributed by atoms with van der Waals surface area (Å²) in [5.74, 6) is 1.32. The Hall–Kier alpha value is -1.89. The van der Waals surface area contributed by atoms with Crippen molar-refractivity contribution in [3.8, 4) is 0 Å². The molecule has 0 unspecified atom stereocenters. The number of piperazine rings is 1. The molecular weight excluding hydrogens is 354 g/mol. The molecule has 1 atom stereocenters. The molecular formula is C19H24ClN3O3. The van der Waals surface area contributed by atoms with Crippen molar-refractivity contribution in [2.75, 3.05) is 33.3 Å². The third-order valence-corrected chi connectivity index (χ3v) is 5.17. The van der Waals surface area contributed by atoms with E-state index in [0.29, 0.717) is 11.6 Å². The van der Waals surface area contributed by atoms with Gasteiger partial charge in [-0.1, -0.05) is 29.8 Å². The normalized spacial score (nSPS) is 17.2. The lowest BCUT2D eigenvalue weighted by atomic mass is 10.0. The lowest BCUT2D eigenvalue weighted by Gasteiger charge is -2.38. The molecule has 1 aromatic carbocycles. The summed E-state index contributed by atoms with van der Waals surface area (Å²) in [6.07, 6.45) is 0. The van der Waals surface area contributed by atoms with Crippen LogP contribution in [0.2, 0.25) is 5.02 Å². The minimum atomic E-state index is -0.484. The van der Waals surface area contributed by atoms with Gasteiger partial charge in [-0.05, 0) is 25.5 Å². The van der Waals surface area contributed by atoms with E-state index in [1.807, 2.05) is 32.0 Å². The lowest BCUT2D eigenvalue weighted by molar-refractivity contribution is -0.148. The van der Waals surface area contributed by atoms with Crippen molar-refractivity contribution >= 4 is 17.6 Å². The topological polar surface area (TPSA) is 58.8 Å². The quantitative estimate of drug-likeness (QED) is 0.746. The molecule has 6 nitrogen and oxygen atoms in total. The van der Waals surface area contributed by atoms with Crippen molar-refractivity contribution in [2.45, 2.75) is 26.4 Å². The third kappa shape index (κ3) is 4.09. The molecule has 0 saturated carbocycles. The van der Waals surface area contributed by atoms with E-state index in [2.05, 4.69) is 14.8 Å². The van der Waals surface area contributed by atoms with Gasteiger partial charge in [0, 0.05) is 31.2 Å². The van der Waals surface area contributed by atoms with Gasteiger partial charge in [-0.15, -0.1) is 0 Å². The zero-order valence-corrected chi connectivity index (χ0v) is 16.1. The van der Waals surface area contributed by atoms with Crippen LogP contribution in [0.15, 0.2) is 28.7 Å². The number of carbonyl (C=O) groups excluding carboxylic acids is 1. The molecule has 3 rings (SSSR count). The van der Waals surface area contributed by atoms with Crippen LogP contribution in [0.25, 0.3) is 0 Å². The molecule has 26 heavy (non-hydrogen) atoms. The summed E-state index contributed by atoms with van der Waals surface area (Å²) in [4.78, 5) is 21.3. The van der Waals surface area contributed by atoms with Crippen LogP contribution in [0.4, 0.5) is 0 Å². The van der Waals surface area contributed by atoms with E-state index in [1.165, 1.54) is 7.11 Å². The highest BCUT2D eigenvalue weighted by Crippen LogP contribution is 2.29. The number of oxazole rings is 1. The Kier molecular flexibility index (Phi) is 5.96. The van der Waals surface area contributed by atoms with Gasteiger partial charge in [-0.2, -0.15) is 0 Å². The van der Waals surface area contributed by atoms with Gasteiger partial charge in [0.25, 0.3) is 0 Å². The van der Waals surface area contributed by atoms with E-state index in [1.54, 1.807) is 6.07 Å². The van der Waals surface area contributed by atoms with Crippen LogP contribution in [0.1, 0.15) is 29.0 Å². The molecule has 2 heterocycles. The van der Waals surface area contributed by atoms with Crippen LogP contribution in [-0.4, -0.2) is 54.0 Å². The number of aromatic nitrogens is 1. The first kappa shape index (κ1) is 18.9. The fourth-order valence-electron chi connectivity index (χ4n) is 3.26. The fraction of sp³-hybridized carbons (Fsp3) is 0.474. The van der Waals surface area contributed by atoms with E-state index in [-0.39, 0.29) is 5.97 Å². The van der Waals surface area contributed by atoms with Crippen LogP contribution >= 0.6 is 11.6 Å². The van der Waals surface area contributed by atoms with Crippen molar-refractivity contribution in [3.05, 3.63) is 52.2 Å². The first-order valence-corrected chi connectivity index (χ1v) is 9.09. The average molecular weight is 378 g/mol. The Bertz CT molecular complexity index is 750. The predicted octanol–water partition coefficient (Wildman–Crippen LogP) is 2.98. The van der Waals surface area contributed by atoms with E-state index in [0.717, 1.165) is 49.1 Å². The molecule has 0 bridgehead atoms. The van der Waals surface area contributed by atoms with Crippen molar-refractivity contribution in [2.24, 2.45) is 0 Å². The highest BCUT2D eigenvalue weighted by atomic mass is 35.5. The van der Waals surface area contributed by atoms with Gasteiger partial charge in [-0.3, -0.25) is 9.80 Å². The van der Waals surface area contributed by atoms with Gasteiger partial charge in [0.05, 0.1) is 19.3 Å². The zero-order chi connectivity index (χ0) is 18.7. The molecule has 0 spiro atoms. The van der Waals surface area contributed by atoms with Gasteiger partial charge in [0.15, 0.2) is 0 Å². The second kappa shape index (κ2) is 8.20. The van der Waals surface area contributed by atoms with Crippen molar-refractivity contribution < 1.29 is 13.9 Å². The van der Waals surface area contributed by atoms with Crippen LogP contribution < -0.4 is 0 Å². The number of methoxy groups -OCH3 is 1. The molecule has 0 N–H and O–H groups in total. The van der Waals surface area contributed by atoms with E-state index >= 15 is 0 Å². The maximum Gasteiger partial charge on any atom is 0.327 e. The molecule has 140 valence electrons. The number of carbonyl (C=O) groups is 1. The van der Waals surface area contributed by atoms with Gasteiger partial charge in [-0.25, -0.2) is 9.78 Å². The Morgan fingerprint density at radius 1 is 1.27 bits per heavy atom. The Morgan fingerprint density at radius 3 is 2.54 bits per heavy atom. The molecule has 1 fully saturated rings. The predicted molar refractivity (Wildman–Crippen MR) is 99.0 cm³/mol. The largest absolute Gasteiger partial charge is 0.468 e. The second-order valence-corrected chi connectivity index (χ2v) is 6.92. The third-order valence-electron chi connectivity index (χ3n) is 4.83. The molecule has 0 radical (unpaired) electrons. The standard InChI is InChI=1S/C19H24ClN3O3/c1-13-14(2)26-17(21-13)12-22-8-10-23(11-9-22)18(19(24)25-3)15-6-4-5-7-16(15)20/h4-7,18H,8-12H2,1-3H3/t18-/m1/s1. The Morgan fingerprint density at radius 2 is 1.96 bits per heavy atom. The van der Waals surface area contributed by atoms with Crippen molar-refractivity contribution in [1.29, 1.82) is 0 Å². The second-order valence-electron chi connectivity index (χ2n) is 6.51. The minimum Gasteiger partial charge on any atom is -0.468 e. The van der Waals surface area contributed by atoms with Crippen LogP contribution in [0, 0.1) is 13.8 Å². The van der Waals surface area contributed by atoms with E-state index < -0.39 is 6.04 Å². The number of ether oxygens (including phenoxy) is 1. The van der Waals surface area contributed by atoms with Crippen LogP contribution in [-0.2, 0) is 16.1 Å². The number of aryl methyl sites for hydroxylation is 2. The maximum absolute atomic E-state index is 12.4. The molecule has 1 aliphatic rings. The summed E-state index contributed by atoms with van der Waals surface area (Å²) in [6, 6.07) is 6.95. The number of hydrogen-bond donors (Lipinski definition) is 0.